The minimum absolute atomic E-state index is 0.339. The van der Waals surface area contributed by atoms with Crippen molar-refractivity contribution in [3.05, 3.63) is 40.0 Å². The number of nitrogens with zero attached hydrogens (tertiary/aromatic N) is 4. The van der Waals surface area contributed by atoms with Crippen LogP contribution in [-0.2, 0) is 34.3 Å². The lowest BCUT2D eigenvalue weighted by atomic mass is 10.0. The molecule has 1 fully saturated rings. The molecule has 1 saturated heterocycles. The van der Waals surface area contributed by atoms with Crippen LogP contribution in [-0.4, -0.2) is 81.1 Å². The average Bonchev–Trinajstić information content (AvgIpc) is 3.16. The highest BCUT2D eigenvalue weighted by molar-refractivity contribution is 7.88. The third-order valence-electron chi connectivity index (χ3n) is 6.33. The Hall–Kier alpha value is -1.67. The average molecular weight is 535 g/mol. The van der Waals surface area contributed by atoms with Gasteiger partial charge in [0.15, 0.2) is 0 Å². The molecule has 0 amide bonds. The second-order valence-corrected chi connectivity index (χ2v) is 17.5. The van der Waals surface area contributed by atoms with Crippen LogP contribution in [0.4, 0.5) is 0 Å². The van der Waals surface area contributed by atoms with Gasteiger partial charge in [0.25, 0.3) is 0 Å². The number of hydrogen-bond donors (Lipinski definition) is 0. The Balaban J connectivity index is 1.66. The fraction of sp³-hybridized carbons (Fsp3) is 0.560. The molecule has 35 heavy (non-hydrogen) atoms. The Morgan fingerprint density at radius 1 is 1.14 bits per heavy atom. The molecule has 1 aromatic carbocycles. The van der Waals surface area contributed by atoms with Gasteiger partial charge in [-0.1, -0.05) is 43.2 Å². The molecular weight excluding hydrogens is 500 g/mol. The van der Waals surface area contributed by atoms with Gasteiger partial charge in [-0.15, -0.1) is 5.54 Å². The van der Waals surface area contributed by atoms with Gasteiger partial charge in [0.2, 0.25) is 10.0 Å². The number of aromatic nitrogens is 2. The standard InChI is InChI=1S/C25H35ClN4O3SSi/c1-34(31,32)29-12-8-24-22(19-29)25(27-30(24)11-5-10-28-13-15-33-16-14-28)21-6-7-23(26)20(18-21)9-17-35(2,3)4/h6-7,18H,5,8,10-16,19H2,1-4H3. The van der Waals surface area contributed by atoms with Crippen LogP contribution in [0.1, 0.15) is 23.2 Å². The van der Waals surface area contributed by atoms with Gasteiger partial charge in [-0.3, -0.25) is 9.58 Å². The molecule has 0 bridgehead atoms. The summed E-state index contributed by atoms with van der Waals surface area (Å²) in [5.41, 5.74) is 8.05. The first-order chi connectivity index (χ1) is 16.5. The molecular formula is C25H35ClN4O3SSi. The Morgan fingerprint density at radius 3 is 2.57 bits per heavy atom. The second kappa shape index (κ2) is 10.7. The monoisotopic (exact) mass is 534 g/mol. The van der Waals surface area contributed by atoms with Crippen LogP contribution in [0.15, 0.2) is 18.2 Å². The minimum Gasteiger partial charge on any atom is -0.379 e. The molecule has 0 saturated carbocycles. The molecule has 2 aromatic rings. The zero-order valence-electron chi connectivity index (χ0n) is 21.1. The first-order valence-corrected chi connectivity index (χ1v) is 17.9. The van der Waals surface area contributed by atoms with Crippen molar-refractivity contribution in [2.24, 2.45) is 0 Å². The zero-order valence-corrected chi connectivity index (χ0v) is 23.7. The van der Waals surface area contributed by atoms with E-state index in [0.717, 1.165) is 73.9 Å². The highest BCUT2D eigenvalue weighted by Crippen LogP contribution is 2.33. The Labute approximate surface area is 215 Å². The van der Waals surface area contributed by atoms with E-state index in [9.17, 15) is 8.42 Å². The van der Waals surface area contributed by atoms with E-state index in [1.165, 1.54) is 6.26 Å². The number of benzene rings is 1. The van der Waals surface area contributed by atoms with E-state index in [4.69, 9.17) is 21.4 Å². The van der Waals surface area contributed by atoms with Gasteiger partial charge in [-0.2, -0.15) is 9.40 Å². The molecule has 0 radical (unpaired) electrons. The van der Waals surface area contributed by atoms with Crippen molar-refractivity contribution < 1.29 is 13.2 Å². The van der Waals surface area contributed by atoms with Crippen molar-refractivity contribution in [2.45, 2.75) is 45.6 Å². The van der Waals surface area contributed by atoms with Gasteiger partial charge >= 0.3 is 0 Å². The number of ether oxygens (including phenoxy) is 1. The van der Waals surface area contributed by atoms with E-state index in [-0.39, 0.29) is 0 Å². The SMILES string of the molecule is C[Si](C)(C)C#Cc1cc(-c2nn(CCCN3CCOCC3)c3c2CN(S(C)(=O)=O)CC3)ccc1Cl. The summed E-state index contributed by atoms with van der Waals surface area (Å²) in [6.07, 6.45) is 2.91. The maximum Gasteiger partial charge on any atom is 0.211 e. The number of morpholine rings is 1. The highest BCUT2D eigenvalue weighted by atomic mass is 35.5. The molecule has 1 aromatic heterocycles. The number of rotatable bonds is 6. The van der Waals surface area contributed by atoms with E-state index in [2.05, 4.69) is 40.7 Å². The summed E-state index contributed by atoms with van der Waals surface area (Å²) in [5, 5.41) is 5.63. The molecule has 7 nitrogen and oxygen atoms in total. The molecule has 2 aliphatic heterocycles. The molecule has 190 valence electrons. The first kappa shape index (κ1) is 26.4. The molecule has 0 atom stereocenters. The van der Waals surface area contributed by atoms with Gasteiger partial charge < -0.3 is 4.74 Å². The largest absolute Gasteiger partial charge is 0.379 e. The molecule has 0 N–H and O–H groups in total. The number of aryl methyl sites for hydroxylation is 1. The first-order valence-electron chi connectivity index (χ1n) is 12.2. The van der Waals surface area contributed by atoms with Crippen LogP contribution in [0.3, 0.4) is 0 Å². The lowest BCUT2D eigenvalue weighted by Crippen LogP contribution is -2.37. The number of hydrogen-bond acceptors (Lipinski definition) is 5. The van der Waals surface area contributed by atoms with Crippen LogP contribution in [0.2, 0.25) is 24.7 Å². The Kier molecular flexibility index (Phi) is 8.11. The Bertz CT molecular complexity index is 1240. The zero-order chi connectivity index (χ0) is 25.2. The summed E-state index contributed by atoms with van der Waals surface area (Å²) in [6.45, 7) is 12.7. The van der Waals surface area contributed by atoms with Crippen molar-refractivity contribution >= 4 is 29.7 Å². The van der Waals surface area contributed by atoms with Crippen LogP contribution in [0.25, 0.3) is 11.3 Å². The predicted molar refractivity (Wildman–Crippen MR) is 144 cm³/mol. The third-order valence-corrected chi connectivity index (χ3v) is 8.78. The van der Waals surface area contributed by atoms with Gasteiger partial charge in [-0.05, 0) is 18.6 Å². The predicted octanol–water partition coefficient (Wildman–Crippen LogP) is 3.47. The van der Waals surface area contributed by atoms with Crippen molar-refractivity contribution in [1.29, 1.82) is 0 Å². The van der Waals surface area contributed by atoms with E-state index in [1.807, 2.05) is 18.2 Å². The van der Waals surface area contributed by atoms with Crippen molar-refractivity contribution in [3.8, 4) is 22.7 Å². The number of fused-ring (bicyclic) bond motifs is 1. The summed E-state index contributed by atoms with van der Waals surface area (Å²) in [7, 11) is -4.85. The van der Waals surface area contributed by atoms with Gasteiger partial charge in [0.05, 0.1) is 30.2 Å². The molecule has 0 spiro atoms. The van der Waals surface area contributed by atoms with Crippen molar-refractivity contribution in [1.82, 2.24) is 19.0 Å². The summed E-state index contributed by atoms with van der Waals surface area (Å²) >= 11 is 6.47. The normalized spacial score (nSPS) is 17.6. The van der Waals surface area contributed by atoms with Gasteiger partial charge in [0, 0.05) is 68.1 Å². The highest BCUT2D eigenvalue weighted by Gasteiger charge is 2.30. The second-order valence-electron chi connectivity index (χ2n) is 10.3. The smallest absolute Gasteiger partial charge is 0.211 e. The van der Waals surface area contributed by atoms with Crippen LogP contribution in [0.5, 0.6) is 0 Å². The molecule has 10 heteroatoms. The maximum atomic E-state index is 12.3. The van der Waals surface area contributed by atoms with Crippen molar-refractivity contribution in [2.75, 3.05) is 45.6 Å². The Morgan fingerprint density at radius 2 is 1.89 bits per heavy atom. The van der Waals surface area contributed by atoms with Crippen molar-refractivity contribution in [3.63, 3.8) is 0 Å². The third kappa shape index (κ3) is 6.76. The molecule has 0 aliphatic carbocycles. The van der Waals surface area contributed by atoms with Crippen LogP contribution < -0.4 is 0 Å². The summed E-state index contributed by atoms with van der Waals surface area (Å²) in [6, 6.07) is 5.82. The van der Waals surface area contributed by atoms with Crippen LogP contribution in [0, 0.1) is 11.5 Å². The van der Waals surface area contributed by atoms with E-state index in [0.29, 0.717) is 24.5 Å². The lowest BCUT2D eigenvalue weighted by Gasteiger charge is -2.27. The number of halogens is 1. The van der Waals surface area contributed by atoms with E-state index < -0.39 is 18.1 Å². The molecule has 0 unspecified atom stereocenters. The quantitative estimate of drug-likeness (QED) is 0.419. The number of sulfonamides is 1. The minimum atomic E-state index is -3.29. The molecule has 4 rings (SSSR count). The molecule has 2 aliphatic rings. The summed E-state index contributed by atoms with van der Waals surface area (Å²) < 4.78 is 33.7. The fourth-order valence-corrected chi connectivity index (χ4v) is 5.92. The van der Waals surface area contributed by atoms with Gasteiger partial charge in [-0.25, -0.2) is 8.42 Å². The van der Waals surface area contributed by atoms with E-state index in [1.54, 1.807) is 4.31 Å². The fourth-order valence-electron chi connectivity index (χ4n) is 4.46. The van der Waals surface area contributed by atoms with Gasteiger partial charge in [0.1, 0.15) is 8.07 Å². The van der Waals surface area contributed by atoms with E-state index >= 15 is 0 Å². The lowest BCUT2D eigenvalue weighted by molar-refractivity contribution is 0.0368. The summed E-state index contributed by atoms with van der Waals surface area (Å²) in [5.74, 6) is 3.28. The molecule has 3 heterocycles. The topological polar surface area (TPSA) is 67.7 Å². The summed E-state index contributed by atoms with van der Waals surface area (Å²) in [4.78, 5) is 2.43. The van der Waals surface area contributed by atoms with Crippen LogP contribution >= 0.6 is 11.6 Å². The maximum absolute atomic E-state index is 12.3.